The number of nitriles is 1. The Morgan fingerprint density at radius 2 is 1.88 bits per heavy atom. The molecular formula is C15H27N. The van der Waals surface area contributed by atoms with Crippen LogP contribution in [-0.2, 0) is 0 Å². The molecule has 1 aliphatic carbocycles. The van der Waals surface area contributed by atoms with E-state index in [0.29, 0.717) is 17.3 Å². The first-order valence-corrected chi connectivity index (χ1v) is 6.82. The minimum Gasteiger partial charge on any atom is -0.198 e. The van der Waals surface area contributed by atoms with Crippen LogP contribution in [0.3, 0.4) is 0 Å². The van der Waals surface area contributed by atoms with Crippen molar-refractivity contribution in [3.05, 3.63) is 0 Å². The third-order valence-corrected chi connectivity index (χ3v) is 5.31. The van der Waals surface area contributed by atoms with E-state index in [4.69, 9.17) is 5.26 Å². The van der Waals surface area contributed by atoms with E-state index in [1.54, 1.807) is 0 Å². The molecule has 1 rings (SSSR count). The van der Waals surface area contributed by atoms with E-state index in [1.165, 1.54) is 19.3 Å². The molecule has 0 radical (unpaired) electrons. The molecule has 1 saturated carbocycles. The monoisotopic (exact) mass is 221 g/mol. The summed E-state index contributed by atoms with van der Waals surface area (Å²) in [7, 11) is 0. The summed E-state index contributed by atoms with van der Waals surface area (Å²) in [6, 6.07) is 2.42. The zero-order valence-electron chi connectivity index (χ0n) is 11.6. The van der Waals surface area contributed by atoms with Gasteiger partial charge in [0.25, 0.3) is 0 Å². The molecule has 4 unspecified atom stereocenters. The third-order valence-electron chi connectivity index (χ3n) is 5.31. The standard InChI is InChI=1S/C15H27N/c1-6-13-8-7-11(2)12(3)14(9-10-16)15(13,4)5/h11-14H,6-9H2,1-5H3. The summed E-state index contributed by atoms with van der Waals surface area (Å²) in [5.74, 6) is 2.82. The zero-order valence-corrected chi connectivity index (χ0v) is 11.6. The predicted molar refractivity (Wildman–Crippen MR) is 68.8 cm³/mol. The summed E-state index contributed by atoms with van der Waals surface area (Å²) in [6.07, 6.45) is 4.67. The smallest absolute Gasteiger partial charge is 0.0624 e. The minimum atomic E-state index is 0.328. The van der Waals surface area contributed by atoms with Crippen LogP contribution in [0.4, 0.5) is 0 Å². The molecule has 1 aliphatic rings. The van der Waals surface area contributed by atoms with Gasteiger partial charge in [-0.1, -0.05) is 47.5 Å². The quantitative estimate of drug-likeness (QED) is 0.623. The van der Waals surface area contributed by atoms with E-state index >= 15 is 0 Å². The zero-order chi connectivity index (χ0) is 12.3. The number of nitrogens with zero attached hydrogens (tertiary/aromatic N) is 1. The van der Waals surface area contributed by atoms with Gasteiger partial charge in [0.15, 0.2) is 0 Å². The van der Waals surface area contributed by atoms with Crippen LogP contribution in [0.1, 0.15) is 60.3 Å². The maximum Gasteiger partial charge on any atom is 0.0624 e. The Balaban J connectivity index is 2.99. The van der Waals surface area contributed by atoms with Gasteiger partial charge in [-0.05, 0) is 35.5 Å². The maximum absolute atomic E-state index is 9.06. The van der Waals surface area contributed by atoms with E-state index in [1.807, 2.05) is 0 Å². The molecule has 0 aromatic heterocycles. The summed E-state index contributed by atoms with van der Waals surface area (Å²) in [4.78, 5) is 0. The molecule has 0 aliphatic heterocycles. The first-order chi connectivity index (χ1) is 7.45. The van der Waals surface area contributed by atoms with Crippen LogP contribution in [0.15, 0.2) is 0 Å². The van der Waals surface area contributed by atoms with Crippen molar-refractivity contribution >= 4 is 0 Å². The van der Waals surface area contributed by atoms with Crippen LogP contribution in [-0.4, -0.2) is 0 Å². The minimum absolute atomic E-state index is 0.328. The van der Waals surface area contributed by atoms with Gasteiger partial charge in [-0.15, -0.1) is 0 Å². The Bertz CT molecular complexity index is 261. The van der Waals surface area contributed by atoms with E-state index in [0.717, 1.165) is 18.3 Å². The predicted octanol–water partition coefficient (Wildman–Crippen LogP) is 4.63. The van der Waals surface area contributed by atoms with Gasteiger partial charge in [-0.2, -0.15) is 5.26 Å². The van der Waals surface area contributed by atoms with E-state index in [9.17, 15) is 0 Å². The highest BCUT2D eigenvalue weighted by atomic mass is 14.5. The highest BCUT2D eigenvalue weighted by molar-refractivity contribution is 4.95. The van der Waals surface area contributed by atoms with Crippen molar-refractivity contribution in [2.24, 2.45) is 29.1 Å². The van der Waals surface area contributed by atoms with Gasteiger partial charge < -0.3 is 0 Å². The normalized spacial score (nSPS) is 38.8. The van der Waals surface area contributed by atoms with Crippen molar-refractivity contribution in [2.75, 3.05) is 0 Å². The number of hydrogen-bond acceptors (Lipinski definition) is 1. The fraction of sp³-hybridized carbons (Fsp3) is 0.933. The second kappa shape index (κ2) is 5.21. The van der Waals surface area contributed by atoms with Gasteiger partial charge in [0, 0.05) is 6.42 Å². The van der Waals surface area contributed by atoms with Gasteiger partial charge in [-0.3, -0.25) is 0 Å². The Labute approximate surface area is 101 Å². The van der Waals surface area contributed by atoms with Crippen LogP contribution < -0.4 is 0 Å². The molecule has 0 aromatic rings. The molecule has 0 aromatic carbocycles. The Morgan fingerprint density at radius 1 is 1.25 bits per heavy atom. The van der Waals surface area contributed by atoms with Crippen molar-refractivity contribution in [1.82, 2.24) is 0 Å². The maximum atomic E-state index is 9.06. The van der Waals surface area contributed by atoms with Crippen molar-refractivity contribution < 1.29 is 0 Å². The lowest BCUT2D eigenvalue weighted by molar-refractivity contribution is 0.0786. The van der Waals surface area contributed by atoms with Crippen molar-refractivity contribution in [3.63, 3.8) is 0 Å². The Hall–Kier alpha value is -0.510. The van der Waals surface area contributed by atoms with Crippen LogP contribution in [0.25, 0.3) is 0 Å². The van der Waals surface area contributed by atoms with Gasteiger partial charge in [-0.25, -0.2) is 0 Å². The summed E-state index contributed by atoms with van der Waals surface area (Å²) in [5, 5.41) is 9.06. The van der Waals surface area contributed by atoms with Gasteiger partial charge in [0.05, 0.1) is 6.07 Å². The fourth-order valence-electron chi connectivity index (χ4n) is 3.75. The third kappa shape index (κ3) is 2.42. The molecule has 1 fully saturated rings. The van der Waals surface area contributed by atoms with E-state index in [-0.39, 0.29) is 0 Å². The highest BCUT2D eigenvalue weighted by Gasteiger charge is 2.42. The topological polar surface area (TPSA) is 23.8 Å². The molecule has 1 heteroatoms. The van der Waals surface area contributed by atoms with Crippen LogP contribution in [0, 0.1) is 40.4 Å². The van der Waals surface area contributed by atoms with Crippen LogP contribution in [0.2, 0.25) is 0 Å². The van der Waals surface area contributed by atoms with E-state index < -0.39 is 0 Å². The molecule has 92 valence electrons. The van der Waals surface area contributed by atoms with Crippen LogP contribution in [0.5, 0.6) is 0 Å². The Morgan fingerprint density at radius 3 is 2.38 bits per heavy atom. The average molecular weight is 221 g/mol. The number of rotatable bonds is 2. The van der Waals surface area contributed by atoms with Crippen molar-refractivity contribution in [3.8, 4) is 6.07 Å². The molecule has 4 atom stereocenters. The molecule has 0 amide bonds. The fourth-order valence-corrected chi connectivity index (χ4v) is 3.75. The molecule has 0 N–H and O–H groups in total. The van der Waals surface area contributed by atoms with Crippen LogP contribution >= 0.6 is 0 Å². The molecule has 0 saturated heterocycles. The highest BCUT2D eigenvalue weighted by Crippen LogP contribution is 2.50. The van der Waals surface area contributed by atoms with E-state index in [2.05, 4.69) is 40.7 Å². The van der Waals surface area contributed by atoms with Gasteiger partial charge >= 0.3 is 0 Å². The lowest BCUT2D eigenvalue weighted by atomic mass is 9.63. The first kappa shape index (κ1) is 13.6. The first-order valence-electron chi connectivity index (χ1n) is 6.82. The second-order valence-corrected chi connectivity index (χ2v) is 6.31. The Kier molecular flexibility index (Phi) is 4.42. The lowest BCUT2D eigenvalue weighted by Crippen LogP contribution is -2.35. The molecule has 0 spiro atoms. The second-order valence-electron chi connectivity index (χ2n) is 6.31. The lowest BCUT2D eigenvalue weighted by Gasteiger charge is -2.41. The molecule has 0 heterocycles. The molecule has 0 bridgehead atoms. The van der Waals surface area contributed by atoms with Gasteiger partial charge in [0.2, 0.25) is 0 Å². The summed E-state index contributed by atoms with van der Waals surface area (Å²) in [5.41, 5.74) is 0.328. The molecule has 16 heavy (non-hydrogen) atoms. The summed E-state index contributed by atoms with van der Waals surface area (Å²) in [6.45, 7) is 11.8. The summed E-state index contributed by atoms with van der Waals surface area (Å²) >= 11 is 0. The number of hydrogen-bond donors (Lipinski definition) is 0. The largest absolute Gasteiger partial charge is 0.198 e. The summed E-state index contributed by atoms with van der Waals surface area (Å²) < 4.78 is 0. The molecular weight excluding hydrogens is 194 g/mol. The average Bonchev–Trinajstić information content (AvgIpc) is 2.30. The van der Waals surface area contributed by atoms with Gasteiger partial charge in [0.1, 0.15) is 0 Å². The van der Waals surface area contributed by atoms with Crippen molar-refractivity contribution in [1.29, 1.82) is 5.26 Å². The SMILES string of the molecule is CCC1CCC(C)C(C)C(CC#N)C1(C)C. The molecule has 1 nitrogen and oxygen atoms in total. The van der Waals surface area contributed by atoms with Crippen molar-refractivity contribution in [2.45, 2.75) is 60.3 Å².